The first-order valence-corrected chi connectivity index (χ1v) is 7.02. The summed E-state index contributed by atoms with van der Waals surface area (Å²) in [7, 11) is 0. The van der Waals surface area contributed by atoms with E-state index in [0.29, 0.717) is 10.7 Å². The number of rotatable bonds is 4. The lowest BCUT2D eigenvalue weighted by atomic mass is 10.2. The fourth-order valence-electron chi connectivity index (χ4n) is 2.14. The molecule has 0 bridgehead atoms. The molecule has 1 atom stereocenters. The van der Waals surface area contributed by atoms with Crippen LogP contribution in [0.5, 0.6) is 0 Å². The minimum atomic E-state index is -0.262. The van der Waals surface area contributed by atoms with Crippen molar-refractivity contribution < 1.29 is 9.59 Å². The number of nitrogens with one attached hydrogen (secondary N) is 3. The highest BCUT2D eigenvalue weighted by molar-refractivity contribution is 6.31. The number of carbonyl (C=O) groups excluding carboxylic acids is 2. The van der Waals surface area contributed by atoms with E-state index in [0.717, 1.165) is 24.9 Å². The van der Waals surface area contributed by atoms with Gasteiger partial charge in [0, 0.05) is 10.7 Å². The van der Waals surface area contributed by atoms with E-state index in [2.05, 4.69) is 16.0 Å². The standard InChI is InChI=1S/C14H18ClN3O2/c1-9-10(15)4-2-5-11(9)18-13(19)8-17-14(20)12-6-3-7-16-12/h2,4-5,12,16H,3,6-8H2,1H3,(H,17,20)(H,18,19). The Morgan fingerprint density at radius 2 is 2.25 bits per heavy atom. The molecule has 3 N–H and O–H groups in total. The Balaban J connectivity index is 1.83. The summed E-state index contributed by atoms with van der Waals surface area (Å²) in [6, 6.07) is 5.14. The molecule has 1 aromatic rings. The average Bonchev–Trinajstić information content (AvgIpc) is 2.95. The third-order valence-electron chi connectivity index (χ3n) is 3.34. The maximum atomic E-state index is 11.8. The van der Waals surface area contributed by atoms with Gasteiger partial charge in [-0.05, 0) is 44.0 Å². The van der Waals surface area contributed by atoms with E-state index in [9.17, 15) is 9.59 Å². The molecule has 1 fully saturated rings. The third-order valence-corrected chi connectivity index (χ3v) is 3.75. The maximum absolute atomic E-state index is 11.8. The number of carbonyl (C=O) groups is 2. The average molecular weight is 296 g/mol. The smallest absolute Gasteiger partial charge is 0.243 e. The van der Waals surface area contributed by atoms with Crippen LogP contribution in [0.3, 0.4) is 0 Å². The topological polar surface area (TPSA) is 70.2 Å². The Morgan fingerprint density at radius 3 is 2.95 bits per heavy atom. The fraction of sp³-hybridized carbons (Fsp3) is 0.429. The zero-order chi connectivity index (χ0) is 14.5. The summed E-state index contributed by atoms with van der Waals surface area (Å²) < 4.78 is 0. The van der Waals surface area contributed by atoms with E-state index in [1.807, 2.05) is 6.92 Å². The van der Waals surface area contributed by atoms with Crippen molar-refractivity contribution in [2.24, 2.45) is 0 Å². The number of amides is 2. The number of benzene rings is 1. The Kier molecular flexibility index (Phi) is 4.98. The molecule has 108 valence electrons. The highest BCUT2D eigenvalue weighted by atomic mass is 35.5. The van der Waals surface area contributed by atoms with Crippen LogP contribution in [-0.2, 0) is 9.59 Å². The number of hydrogen-bond acceptors (Lipinski definition) is 3. The van der Waals surface area contributed by atoms with E-state index in [1.165, 1.54) is 0 Å². The second kappa shape index (κ2) is 6.72. The highest BCUT2D eigenvalue weighted by Crippen LogP contribution is 2.22. The molecular formula is C14H18ClN3O2. The molecular weight excluding hydrogens is 278 g/mol. The molecule has 0 spiro atoms. The minimum absolute atomic E-state index is 0.0387. The van der Waals surface area contributed by atoms with Crippen molar-refractivity contribution in [2.75, 3.05) is 18.4 Å². The van der Waals surface area contributed by atoms with Gasteiger partial charge >= 0.3 is 0 Å². The molecule has 5 nitrogen and oxygen atoms in total. The van der Waals surface area contributed by atoms with E-state index in [4.69, 9.17) is 11.6 Å². The van der Waals surface area contributed by atoms with Gasteiger partial charge < -0.3 is 16.0 Å². The van der Waals surface area contributed by atoms with E-state index >= 15 is 0 Å². The van der Waals surface area contributed by atoms with Crippen LogP contribution in [0.15, 0.2) is 18.2 Å². The highest BCUT2D eigenvalue weighted by Gasteiger charge is 2.22. The van der Waals surface area contributed by atoms with Crippen LogP contribution in [-0.4, -0.2) is 30.9 Å². The van der Waals surface area contributed by atoms with Crippen LogP contribution in [0.2, 0.25) is 5.02 Å². The molecule has 0 saturated carbocycles. The molecule has 1 aromatic carbocycles. The molecule has 0 aliphatic carbocycles. The molecule has 6 heteroatoms. The predicted octanol–water partition coefficient (Wildman–Crippen LogP) is 1.46. The van der Waals surface area contributed by atoms with Crippen molar-refractivity contribution in [3.63, 3.8) is 0 Å². The summed E-state index contributed by atoms with van der Waals surface area (Å²) in [4.78, 5) is 23.6. The van der Waals surface area contributed by atoms with Gasteiger partial charge in [0.1, 0.15) is 0 Å². The summed E-state index contributed by atoms with van der Waals surface area (Å²) in [6.45, 7) is 2.65. The molecule has 1 aliphatic rings. The minimum Gasteiger partial charge on any atom is -0.346 e. The van der Waals surface area contributed by atoms with Crippen molar-refractivity contribution in [1.29, 1.82) is 0 Å². The van der Waals surface area contributed by atoms with Gasteiger partial charge in [0.15, 0.2) is 0 Å². The van der Waals surface area contributed by atoms with Gasteiger partial charge in [-0.1, -0.05) is 17.7 Å². The van der Waals surface area contributed by atoms with Gasteiger partial charge in [-0.25, -0.2) is 0 Å². The zero-order valence-corrected chi connectivity index (χ0v) is 12.1. The van der Waals surface area contributed by atoms with Crippen molar-refractivity contribution in [1.82, 2.24) is 10.6 Å². The summed E-state index contributed by atoms with van der Waals surface area (Å²) >= 11 is 5.98. The first-order chi connectivity index (χ1) is 9.58. The van der Waals surface area contributed by atoms with Crippen LogP contribution in [0, 0.1) is 6.92 Å². The van der Waals surface area contributed by atoms with Gasteiger partial charge in [0.2, 0.25) is 11.8 Å². The van der Waals surface area contributed by atoms with Gasteiger partial charge in [-0.3, -0.25) is 9.59 Å². The number of hydrogen-bond donors (Lipinski definition) is 3. The molecule has 1 heterocycles. The molecule has 2 rings (SSSR count). The molecule has 1 aliphatic heterocycles. The number of anilines is 1. The second-order valence-corrected chi connectivity index (χ2v) is 5.23. The van der Waals surface area contributed by atoms with Gasteiger partial charge in [-0.2, -0.15) is 0 Å². The molecule has 2 amide bonds. The normalized spacial score (nSPS) is 17.8. The summed E-state index contributed by atoms with van der Waals surface area (Å²) in [5.41, 5.74) is 1.47. The van der Waals surface area contributed by atoms with Gasteiger partial charge in [0.25, 0.3) is 0 Å². The zero-order valence-electron chi connectivity index (χ0n) is 11.3. The maximum Gasteiger partial charge on any atom is 0.243 e. The molecule has 1 unspecified atom stereocenters. The molecule has 1 saturated heterocycles. The van der Waals surface area contributed by atoms with Crippen LogP contribution < -0.4 is 16.0 Å². The second-order valence-electron chi connectivity index (χ2n) is 4.83. The quantitative estimate of drug-likeness (QED) is 0.787. The fourth-order valence-corrected chi connectivity index (χ4v) is 2.31. The lowest BCUT2D eigenvalue weighted by molar-refractivity contribution is -0.125. The third kappa shape index (κ3) is 3.71. The van der Waals surface area contributed by atoms with E-state index in [1.54, 1.807) is 18.2 Å². The Hall–Kier alpha value is -1.59. The van der Waals surface area contributed by atoms with Gasteiger partial charge in [-0.15, -0.1) is 0 Å². The first kappa shape index (κ1) is 14.8. The van der Waals surface area contributed by atoms with Crippen LogP contribution >= 0.6 is 11.6 Å². The van der Waals surface area contributed by atoms with Crippen LogP contribution in [0.4, 0.5) is 5.69 Å². The molecule has 0 aromatic heterocycles. The Morgan fingerprint density at radius 1 is 1.45 bits per heavy atom. The van der Waals surface area contributed by atoms with Crippen LogP contribution in [0.25, 0.3) is 0 Å². The van der Waals surface area contributed by atoms with Gasteiger partial charge in [0.05, 0.1) is 12.6 Å². The summed E-state index contributed by atoms with van der Waals surface area (Å²) in [5, 5.41) is 9.05. The predicted molar refractivity (Wildman–Crippen MR) is 78.9 cm³/mol. The number of halogens is 1. The largest absolute Gasteiger partial charge is 0.346 e. The van der Waals surface area contributed by atoms with E-state index < -0.39 is 0 Å². The Bertz CT molecular complexity index is 513. The first-order valence-electron chi connectivity index (χ1n) is 6.64. The van der Waals surface area contributed by atoms with Crippen molar-refractivity contribution >= 4 is 29.1 Å². The van der Waals surface area contributed by atoms with E-state index in [-0.39, 0.29) is 24.4 Å². The van der Waals surface area contributed by atoms with Crippen molar-refractivity contribution in [3.8, 4) is 0 Å². The van der Waals surface area contributed by atoms with Crippen molar-refractivity contribution in [3.05, 3.63) is 28.8 Å². The lowest BCUT2D eigenvalue weighted by Gasteiger charge is -2.12. The molecule has 0 radical (unpaired) electrons. The summed E-state index contributed by atoms with van der Waals surface area (Å²) in [6.07, 6.45) is 1.81. The monoisotopic (exact) mass is 295 g/mol. The summed E-state index contributed by atoms with van der Waals surface area (Å²) in [5.74, 6) is -0.387. The Labute approximate surface area is 123 Å². The van der Waals surface area contributed by atoms with Crippen LogP contribution in [0.1, 0.15) is 18.4 Å². The SMILES string of the molecule is Cc1c(Cl)cccc1NC(=O)CNC(=O)C1CCCN1. The lowest BCUT2D eigenvalue weighted by Crippen LogP contribution is -2.43. The van der Waals surface area contributed by atoms with Crippen molar-refractivity contribution in [2.45, 2.75) is 25.8 Å². The molecule has 20 heavy (non-hydrogen) atoms.